The van der Waals surface area contributed by atoms with Gasteiger partial charge in [0.05, 0.1) is 0 Å². The summed E-state index contributed by atoms with van der Waals surface area (Å²) in [6.45, 7) is 7.94. The largest absolute Gasteiger partial charge is 0.445 e. The summed E-state index contributed by atoms with van der Waals surface area (Å²) in [4.78, 5) is 51.0. The van der Waals surface area contributed by atoms with Crippen molar-refractivity contribution in [2.75, 3.05) is 38.6 Å². The zero-order valence-electron chi connectivity index (χ0n) is 25.8. The van der Waals surface area contributed by atoms with Gasteiger partial charge in [-0.2, -0.15) is 0 Å². The molecule has 1 N–H and O–H groups in total. The van der Waals surface area contributed by atoms with Crippen LogP contribution in [-0.2, 0) is 26.3 Å². The van der Waals surface area contributed by atoms with E-state index in [1.54, 1.807) is 24.5 Å². The third-order valence-corrected chi connectivity index (χ3v) is 7.59. The predicted molar refractivity (Wildman–Crippen MR) is 168 cm³/mol. The van der Waals surface area contributed by atoms with Gasteiger partial charge in [-0.15, -0.1) is 0 Å². The molecule has 1 aromatic heterocycles. The lowest BCUT2D eigenvalue weighted by Gasteiger charge is -2.35. The molecule has 0 spiro atoms. The number of benzene rings is 2. The van der Waals surface area contributed by atoms with Crippen molar-refractivity contribution in [1.82, 2.24) is 20.1 Å². The third kappa shape index (κ3) is 8.20. The summed E-state index contributed by atoms with van der Waals surface area (Å²) in [5.41, 5.74) is 3.02. The van der Waals surface area contributed by atoms with Gasteiger partial charge in [0.2, 0.25) is 5.91 Å². The second kappa shape index (κ2) is 14.3. The molecule has 2 heterocycles. The van der Waals surface area contributed by atoms with E-state index in [2.05, 4.69) is 31.1 Å². The number of carbonyl (C=O) groups excluding carboxylic acids is 3. The Morgan fingerprint density at radius 1 is 1.02 bits per heavy atom. The molecule has 1 fully saturated rings. The summed E-state index contributed by atoms with van der Waals surface area (Å²) in [5.74, 6) is -0.659. The van der Waals surface area contributed by atoms with Gasteiger partial charge in [0, 0.05) is 43.3 Å². The molecule has 43 heavy (non-hydrogen) atoms. The number of hydrogen-bond acceptors (Lipinski definition) is 6. The van der Waals surface area contributed by atoms with Crippen molar-refractivity contribution in [3.8, 4) is 0 Å². The average molecular weight is 586 g/mol. The Morgan fingerprint density at radius 2 is 1.74 bits per heavy atom. The van der Waals surface area contributed by atoms with Crippen LogP contribution in [0.2, 0.25) is 0 Å². The predicted octanol–water partition coefficient (Wildman–Crippen LogP) is 4.93. The highest BCUT2D eigenvalue weighted by molar-refractivity contribution is 6.04. The summed E-state index contributed by atoms with van der Waals surface area (Å²) in [7, 11) is 3.87. The number of likely N-dealkylation sites (tertiary alicyclic amines) is 1. The molecule has 9 nitrogen and oxygen atoms in total. The number of rotatable bonds is 10. The Labute approximate surface area is 254 Å². The molecule has 3 aromatic rings. The van der Waals surface area contributed by atoms with Gasteiger partial charge in [0.1, 0.15) is 18.7 Å². The van der Waals surface area contributed by atoms with E-state index in [4.69, 9.17) is 4.74 Å². The molecule has 1 saturated heterocycles. The summed E-state index contributed by atoms with van der Waals surface area (Å²) in [5, 5.41) is 3.01. The maximum Gasteiger partial charge on any atom is 0.410 e. The normalized spacial score (nSPS) is 15.7. The molecule has 3 amide bonds. The van der Waals surface area contributed by atoms with Gasteiger partial charge in [-0.05, 0) is 61.7 Å². The van der Waals surface area contributed by atoms with Gasteiger partial charge in [0.25, 0.3) is 5.91 Å². The quantitative estimate of drug-likeness (QED) is 0.363. The highest BCUT2D eigenvalue weighted by Crippen LogP contribution is 2.33. The van der Waals surface area contributed by atoms with Crippen LogP contribution in [0.5, 0.6) is 0 Å². The van der Waals surface area contributed by atoms with Crippen LogP contribution in [0.25, 0.3) is 0 Å². The molecule has 0 saturated carbocycles. The van der Waals surface area contributed by atoms with E-state index in [9.17, 15) is 14.4 Å². The van der Waals surface area contributed by atoms with Crippen molar-refractivity contribution in [1.29, 1.82) is 0 Å². The monoisotopic (exact) mass is 585 g/mol. The van der Waals surface area contributed by atoms with Crippen LogP contribution >= 0.6 is 0 Å². The number of carbonyl (C=O) groups is 3. The topological polar surface area (TPSA) is 95.1 Å². The minimum Gasteiger partial charge on any atom is -0.445 e. The number of likely N-dealkylation sites (N-methyl/N-ethyl adjacent to an activating group) is 1. The molecule has 2 aromatic carbocycles. The fourth-order valence-electron chi connectivity index (χ4n) is 5.19. The first-order valence-electron chi connectivity index (χ1n) is 14.8. The van der Waals surface area contributed by atoms with Crippen molar-refractivity contribution in [3.63, 3.8) is 0 Å². The van der Waals surface area contributed by atoms with E-state index in [1.807, 2.05) is 73.6 Å². The Morgan fingerprint density at radius 3 is 2.37 bits per heavy atom. The van der Waals surface area contributed by atoms with Crippen LogP contribution in [0.3, 0.4) is 0 Å². The van der Waals surface area contributed by atoms with E-state index < -0.39 is 18.2 Å². The first-order chi connectivity index (χ1) is 20.6. The van der Waals surface area contributed by atoms with Crippen LogP contribution in [0, 0.1) is 0 Å². The summed E-state index contributed by atoms with van der Waals surface area (Å²) >= 11 is 0. The summed E-state index contributed by atoms with van der Waals surface area (Å²) in [6, 6.07) is 18.9. The first kappa shape index (κ1) is 31.7. The minimum atomic E-state index is -0.994. The van der Waals surface area contributed by atoms with Gasteiger partial charge in [-0.3, -0.25) is 24.4 Å². The minimum absolute atomic E-state index is 0.0928. The molecule has 1 unspecified atom stereocenters. The number of nitrogens with zero attached hydrogens (tertiary/aromatic N) is 4. The number of pyridine rings is 1. The van der Waals surface area contributed by atoms with Crippen molar-refractivity contribution in [2.45, 2.75) is 57.7 Å². The lowest BCUT2D eigenvalue weighted by atomic mass is 9.87. The average Bonchev–Trinajstić information content (AvgIpc) is 3.49. The van der Waals surface area contributed by atoms with Crippen LogP contribution in [0.15, 0.2) is 79.1 Å². The Hall–Kier alpha value is -4.24. The van der Waals surface area contributed by atoms with Gasteiger partial charge >= 0.3 is 6.09 Å². The van der Waals surface area contributed by atoms with Gasteiger partial charge in [0.15, 0.2) is 0 Å². The molecule has 1 aliphatic heterocycles. The maximum atomic E-state index is 14.6. The molecular formula is C34H43N5O4. The third-order valence-electron chi connectivity index (χ3n) is 7.59. The van der Waals surface area contributed by atoms with Gasteiger partial charge in [-0.1, -0.05) is 69.3 Å². The Bertz CT molecular complexity index is 1360. The smallest absolute Gasteiger partial charge is 0.410 e. The number of amides is 3. The zero-order valence-corrected chi connectivity index (χ0v) is 25.8. The van der Waals surface area contributed by atoms with E-state index in [1.165, 1.54) is 9.80 Å². The molecule has 2 atom stereocenters. The number of anilines is 1. The summed E-state index contributed by atoms with van der Waals surface area (Å²) < 4.78 is 5.62. The lowest BCUT2D eigenvalue weighted by molar-refractivity contribution is -0.128. The molecular weight excluding hydrogens is 542 g/mol. The van der Waals surface area contributed by atoms with Crippen LogP contribution in [0.1, 0.15) is 56.3 Å². The molecule has 0 radical (unpaired) electrons. The molecule has 228 valence electrons. The number of aromatic nitrogens is 1. The highest BCUT2D eigenvalue weighted by atomic mass is 16.6. The fourth-order valence-corrected chi connectivity index (χ4v) is 5.19. The Kier molecular flexibility index (Phi) is 10.5. The molecule has 4 rings (SSSR count). The van der Waals surface area contributed by atoms with Crippen molar-refractivity contribution < 1.29 is 19.1 Å². The van der Waals surface area contributed by atoms with E-state index in [-0.39, 0.29) is 23.8 Å². The van der Waals surface area contributed by atoms with E-state index >= 15 is 0 Å². The Balaban J connectivity index is 1.69. The molecule has 0 bridgehead atoms. The van der Waals surface area contributed by atoms with Crippen molar-refractivity contribution >= 4 is 23.6 Å². The second-order valence-corrected chi connectivity index (χ2v) is 12.2. The van der Waals surface area contributed by atoms with Gasteiger partial charge in [-0.25, -0.2) is 4.79 Å². The fraction of sp³-hybridized carbons (Fsp3) is 0.412. The van der Waals surface area contributed by atoms with E-state index in [0.29, 0.717) is 43.7 Å². The SMILES string of the molecule is CN(C)CCNC(=O)C(c1cccnc1)N(C(=O)[C@H]1CCCN1C(=O)OCc1ccccc1)c1ccc(C(C)(C)C)cc1. The number of nitrogens with one attached hydrogen (secondary N) is 1. The lowest BCUT2D eigenvalue weighted by Crippen LogP contribution is -2.52. The molecule has 9 heteroatoms. The van der Waals surface area contributed by atoms with Crippen LogP contribution in [-0.4, -0.2) is 72.5 Å². The van der Waals surface area contributed by atoms with Crippen LogP contribution < -0.4 is 10.2 Å². The standard InChI is InChI=1S/C34H43N5O4/c1-34(2,3)27-15-17-28(18-16-27)39(30(26-13-9-19-35-23-26)31(40)36-20-22-37(4)5)32(41)29-14-10-21-38(29)33(42)43-24-25-11-7-6-8-12-25/h6-9,11-13,15-19,23,29-30H,10,14,20-22,24H2,1-5H3,(H,36,40)/t29-,30?/m1/s1. The van der Waals surface area contributed by atoms with E-state index in [0.717, 1.165) is 11.1 Å². The summed E-state index contributed by atoms with van der Waals surface area (Å²) in [6.07, 6.45) is 3.82. The van der Waals surface area contributed by atoms with Gasteiger partial charge < -0.3 is 15.0 Å². The van der Waals surface area contributed by atoms with Crippen molar-refractivity contribution in [3.05, 3.63) is 95.8 Å². The molecule has 0 aliphatic carbocycles. The molecule has 1 aliphatic rings. The zero-order chi connectivity index (χ0) is 31.0. The number of hydrogen-bond donors (Lipinski definition) is 1. The second-order valence-electron chi connectivity index (χ2n) is 12.2. The van der Waals surface area contributed by atoms with Crippen molar-refractivity contribution in [2.24, 2.45) is 0 Å². The maximum absolute atomic E-state index is 14.6. The highest BCUT2D eigenvalue weighted by Gasteiger charge is 2.42. The number of ether oxygens (including phenoxy) is 1. The first-order valence-corrected chi connectivity index (χ1v) is 14.8. The van der Waals surface area contributed by atoms with Crippen LogP contribution in [0.4, 0.5) is 10.5 Å².